The van der Waals surface area contributed by atoms with Crippen molar-refractivity contribution in [3.63, 3.8) is 0 Å². The molecular formula is C12H17ClN2OS. The van der Waals surface area contributed by atoms with Gasteiger partial charge in [-0.1, -0.05) is 17.4 Å². The summed E-state index contributed by atoms with van der Waals surface area (Å²) in [4.78, 5) is 11.6. The summed E-state index contributed by atoms with van der Waals surface area (Å²) in [5, 5.41) is 0. The Morgan fingerprint density at radius 2 is 2.12 bits per heavy atom. The van der Waals surface area contributed by atoms with E-state index >= 15 is 0 Å². The summed E-state index contributed by atoms with van der Waals surface area (Å²) in [7, 11) is 1.81. The fraction of sp³-hybridized carbons (Fsp3) is 0.417. The third kappa shape index (κ3) is 3.09. The summed E-state index contributed by atoms with van der Waals surface area (Å²) < 4.78 is 2.78. The van der Waals surface area contributed by atoms with Gasteiger partial charge in [0.1, 0.15) is 0 Å². The van der Waals surface area contributed by atoms with Crippen LogP contribution in [0.4, 0.5) is 0 Å². The van der Waals surface area contributed by atoms with E-state index in [0.717, 1.165) is 36.0 Å². The predicted molar refractivity (Wildman–Crippen MR) is 76.3 cm³/mol. The average molecular weight is 273 g/mol. The zero-order valence-corrected chi connectivity index (χ0v) is 11.4. The molecule has 0 atom stereocenters. The number of halogens is 1. The van der Waals surface area contributed by atoms with Gasteiger partial charge in [-0.05, 0) is 43.5 Å². The molecule has 0 aliphatic rings. The Balaban J connectivity index is 0.00000144. The van der Waals surface area contributed by atoms with Crippen LogP contribution in [0.1, 0.15) is 18.4 Å². The van der Waals surface area contributed by atoms with E-state index in [1.165, 1.54) is 16.9 Å². The highest BCUT2D eigenvalue weighted by Crippen LogP contribution is 2.19. The predicted octanol–water partition coefficient (Wildman–Crippen LogP) is 2.30. The smallest absolute Gasteiger partial charge is 0.307 e. The molecule has 0 aliphatic heterocycles. The molecule has 1 aromatic carbocycles. The summed E-state index contributed by atoms with van der Waals surface area (Å²) >= 11 is 1.31. The van der Waals surface area contributed by atoms with Gasteiger partial charge in [-0.3, -0.25) is 4.79 Å². The number of hydrogen-bond donors (Lipinski definition) is 1. The SMILES string of the molecule is Cl.Cn1c(=O)sc2cc(CCCCN)ccc21. The minimum Gasteiger partial charge on any atom is -0.330 e. The number of unbranched alkanes of at least 4 members (excludes halogenated alkanes) is 1. The topological polar surface area (TPSA) is 48.0 Å². The molecule has 1 aromatic heterocycles. The van der Waals surface area contributed by atoms with Gasteiger partial charge in [0.15, 0.2) is 0 Å². The second-order valence-corrected chi connectivity index (χ2v) is 4.97. The van der Waals surface area contributed by atoms with Crippen molar-refractivity contribution in [1.29, 1.82) is 0 Å². The van der Waals surface area contributed by atoms with Crippen LogP contribution in [0.3, 0.4) is 0 Å². The molecule has 3 nitrogen and oxygen atoms in total. The fourth-order valence-corrected chi connectivity index (χ4v) is 2.75. The summed E-state index contributed by atoms with van der Waals surface area (Å²) in [6.45, 7) is 0.751. The van der Waals surface area contributed by atoms with Gasteiger partial charge < -0.3 is 10.3 Å². The van der Waals surface area contributed by atoms with Crippen LogP contribution in [0.15, 0.2) is 23.0 Å². The van der Waals surface area contributed by atoms with Gasteiger partial charge in [0.05, 0.1) is 10.2 Å². The first-order valence-electron chi connectivity index (χ1n) is 5.51. The zero-order chi connectivity index (χ0) is 11.5. The molecule has 0 radical (unpaired) electrons. The first-order chi connectivity index (χ1) is 7.72. The quantitative estimate of drug-likeness (QED) is 0.869. The Kier molecular flexibility index (Phi) is 5.18. The summed E-state index contributed by atoms with van der Waals surface area (Å²) in [5.41, 5.74) is 7.78. The zero-order valence-electron chi connectivity index (χ0n) is 9.81. The molecule has 2 N–H and O–H groups in total. The molecule has 2 rings (SSSR count). The Morgan fingerprint density at radius 1 is 1.35 bits per heavy atom. The lowest BCUT2D eigenvalue weighted by atomic mass is 10.1. The largest absolute Gasteiger partial charge is 0.330 e. The van der Waals surface area contributed by atoms with Crippen LogP contribution < -0.4 is 10.6 Å². The number of rotatable bonds is 4. The number of fused-ring (bicyclic) bond motifs is 1. The van der Waals surface area contributed by atoms with Crippen LogP contribution in [0.25, 0.3) is 10.2 Å². The Hall–Kier alpha value is -0.840. The van der Waals surface area contributed by atoms with Crippen LogP contribution in [0.2, 0.25) is 0 Å². The number of nitrogens with zero attached hydrogens (tertiary/aromatic N) is 1. The van der Waals surface area contributed by atoms with E-state index in [0.29, 0.717) is 0 Å². The highest BCUT2D eigenvalue weighted by atomic mass is 35.5. The maximum Gasteiger partial charge on any atom is 0.307 e. The van der Waals surface area contributed by atoms with Crippen molar-refractivity contribution in [1.82, 2.24) is 4.57 Å². The molecule has 94 valence electrons. The van der Waals surface area contributed by atoms with E-state index < -0.39 is 0 Å². The molecule has 0 unspecified atom stereocenters. The van der Waals surface area contributed by atoms with Gasteiger partial charge >= 0.3 is 4.87 Å². The van der Waals surface area contributed by atoms with Crippen molar-refractivity contribution in [3.8, 4) is 0 Å². The van der Waals surface area contributed by atoms with E-state index in [1.54, 1.807) is 4.57 Å². The van der Waals surface area contributed by atoms with Gasteiger partial charge in [0.2, 0.25) is 0 Å². The Labute approximate surface area is 111 Å². The molecule has 0 saturated heterocycles. The first-order valence-corrected chi connectivity index (χ1v) is 6.32. The highest BCUT2D eigenvalue weighted by Gasteiger charge is 2.04. The van der Waals surface area contributed by atoms with Gasteiger partial charge in [-0.15, -0.1) is 12.4 Å². The molecule has 0 saturated carbocycles. The Morgan fingerprint density at radius 3 is 2.82 bits per heavy atom. The molecular weight excluding hydrogens is 256 g/mol. The number of aryl methyl sites for hydroxylation is 2. The normalized spacial score (nSPS) is 10.5. The Bertz CT molecular complexity index is 547. The standard InChI is InChI=1S/C12H16N2OS.ClH/c1-14-10-6-5-9(4-2-3-7-13)8-11(10)16-12(14)15;/h5-6,8H,2-4,7,13H2,1H3;1H. The molecule has 0 amide bonds. The molecule has 0 spiro atoms. The van der Waals surface area contributed by atoms with Crippen LogP contribution in [0.5, 0.6) is 0 Å². The van der Waals surface area contributed by atoms with Gasteiger partial charge in [0, 0.05) is 7.05 Å². The lowest BCUT2D eigenvalue weighted by molar-refractivity contribution is 0.745. The third-order valence-electron chi connectivity index (χ3n) is 2.78. The maximum absolute atomic E-state index is 11.5. The highest BCUT2D eigenvalue weighted by molar-refractivity contribution is 7.16. The van der Waals surface area contributed by atoms with E-state index in [4.69, 9.17) is 5.73 Å². The minimum absolute atomic E-state index is 0. The minimum atomic E-state index is 0. The molecule has 0 bridgehead atoms. The number of nitrogens with two attached hydrogens (primary N) is 1. The van der Waals surface area contributed by atoms with Crippen LogP contribution in [0, 0.1) is 0 Å². The molecule has 5 heteroatoms. The van der Waals surface area contributed by atoms with E-state index in [1.807, 2.05) is 13.1 Å². The van der Waals surface area contributed by atoms with E-state index in [2.05, 4.69) is 12.1 Å². The first kappa shape index (κ1) is 14.2. The second-order valence-electron chi connectivity index (χ2n) is 3.97. The lowest BCUT2D eigenvalue weighted by Crippen LogP contribution is -2.06. The second kappa shape index (κ2) is 6.19. The van der Waals surface area contributed by atoms with Crippen molar-refractivity contribution >= 4 is 34.0 Å². The number of aromatic nitrogens is 1. The monoisotopic (exact) mass is 272 g/mol. The van der Waals surface area contributed by atoms with Gasteiger partial charge in [-0.2, -0.15) is 0 Å². The number of thiazole rings is 1. The van der Waals surface area contributed by atoms with Crippen molar-refractivity contribution < 1.29 is 0 Å². The van der Waals surface area contributed by atoms with Crippen molar-refractivity contribution in [2.45, 2.75) is 19.3 Å². The fourth-order valence-electron chi connectivity index (χ4n) is 1.81. The molecule has 1 heterocycles. The molecule has 17 heavy (non-hydrogen) atoms. The maximum atomic E-state index is 11.5. The summed E-state index contributed by atoms with van der Waals surface area (Å²) in [5.74, 6) is 0. The van der Waals surface area contributed by atoms with Crippen LogP contribution in [-0.4, -0.2) is 11.1 Å². The summed E-state index contributed by atoms with van der Waals surface area (Å²) in [6, 6.07) is 6.26. The third-order valence-corrected chi connectivity index (χ3v) is 3.77. The molecule has 0 aliphatic carbocycles. The average Bonchev–Trinajstić information content (AvgIpc) is 2.55. The number of hydrogen-bond acceptors (Lipinski definition) is 3. The van der Waals surface area contributed by atoms with Crippen molar-refractivity contribution in [2.24, 2.45) is 12.8 Å². The molecule has 0 fully saturated rings. The van der Waals surface area contributed by atoms with Gasteiger partial charge in [-0.25, -0.2) is 0 Å². The van der Waals surface area contributed by atoms with E-state index in [9.17, 15) is 4.79 Å². The van der Waals surface area contributed by atoms with Gasteiger partial charge in [0.25, 0.3) is 0 Å². The number of benzene rings is 1. The molecule has 2 aromatic rings. The summed E-state index contributed by atoms with van der Waals surface area (Å²) in [6.07, 6.45) is 3.22. The van der Waals surface area contributed by atoms with Crippen molar-refractivity contribution in [2.75, 3.05) is 6.54 Å². The van der Waals surface area contributed by atoms with Crippen LogP contribution >= 0.6 is 23.7 Å². The van der Waals surface area contributed by atoms with E-state index in [-0.39, 0.29) is 17.3 Å². The van der Waals surface area contributed by atoms with Crippen molar-refractivity contribution in [3.05, 3.63) is 33.4 Å². The lowest BCUT2D eigenvalue weighted by Gasteiger charge is -2.01. The van der Waals surface area contributed by atoms with Crippen LogP contribution in [-0.2, 0) is 13.5 Å².